The third-order valence-electron chi connectivity index (χ3n) is 7.79. The first-order valence-electron chi connectivity index (χ1n) is 15.2. The van der Waals surface area contributed by atoms with Crippen LogP contribution in [0.5, 0.6) is 0 Å². The van der Waals surface area contributed by atoms with E-state index in [0.717, 1.165) is 48.5 Å². The first kappa shape index (κ1) is 34.5. The number of rotatable bonds is 13. The zero-order valence-corrected chi connectivity index (χ0v) is 27.5. The lowest BCUT2D eigenvalue weighted by Crippen LogP contribution is -2.48. The molecule has 1 amide bonds. The molecule has 0 saturated carbocycles. The lowest BCUT2D eigenvalue weighted by Gasteiger charge is -2.36. The van der Waals surface area contributed by atoms with Crippen LogP contribution in [0.3, 0.4) is 0 Å². The van der Waals surface area contributed by atoms with Gasteiger partial charge in [-0.3, -0.25) is 14.0 Å². The van der Waals surface area contributed by atoms with Crippen molar-refractivity contribution in [1.82, 2.24) is 24.9 Å². The molecular formula is C31H48FN7O3S. The molecule has 1 aliphatic heterocycles. The highest BCUT2D eigenvalue weighted by atomic mass is 32.1. The Labute approximate surface area is 261 Å². The Hall–Kier alpha value is -2.99. The second kappa shape index (κ2) is 15.1. The Morgan fingerprint density at radius 3 is 2.40 bits per heavy atom. The van der Waals surface area contributed by atoms with Gasteiger partial charge in [0.25, 0.3) is 5.91 Å². The Morgan fingerprint density at radius 2 is 1.74 bits per heavy atom. The summed E-state index contributed by atoms with van der Waals surface area (Å²) in [5, 5.41) is 14.7. The maximum Gasteiger partial charge on any atom is 0.255 e. The fourth-order valence-corrected chi connectivity index (χ4v) is 5.59. The fourth-order valence-electron chi connectivity index (χ4n) is 5.59. The van der Waals surface area contributed by atoms with Gasteiger partial charge in [0.1, 0.15) is 5.82 Å². The van der Waals surface area contributed by atoms with Crippen molar-refractivity contribution in [3.63, 3.8) is 0 Å². The van der Waals surface area contributed by atoms with E-state index >= 15 is 0 Å². The van der Waals surface area contributed by atoms with Gasteiger partial charge in [-0.15, -0.1) is 10.2 Å². The average Bonchev–Trinajstić information content (AvgIpc) is 3.33. The molecule has 0 spiro atoms. The van der Waals surface area contributed by atoms with Gasteiger partial charge in [-0.05, 0) is 63.6 Å². The maximum atomic E-state index is 14.1. The molecule has 3 heterocycles. The molecule has 12 heteroatoms. The fraction of sp³-hybridized carbons (Fsp3) is 0.645. The third kappa shape index (κ3) is 8.35. The van der Waals surface area contributed by atoms with E-state index in [0.29, 0.717) is 30.9 Å². The number of carbonyl (C=O) groups is 2. The number of amides is 1. The largest absolute Gasteiger partial charge is 0.372 e. The standard InChI is InChI=1S/C31H46FN7O3.H2S/c1-18(2)27(32)31(41)35-28(19(3)4)26(40)11-9-8-10-14-33-29-30-37-36-22(7)39(30)25-13-12-23(15-24(25)34-29)38-16-20(5)42-21(6)17-38;/h12-13,15,18-21,27-28H,8-11,14,16-17H2,1-7H3,(H,33,34)(H,35,41);1H2/t20-,21+,27-,28-;/m0./s1. The Bertz CT molecular complexity index is 1390. The highest BCUT2D eigenvalue weighted by Crippen LogP contribution is 2.27. The van der Waals surface area contributed by atoms with Gasteiger partial charge in [0, 0.05) is 31.7 Å². The van der Waals surface area contributed by atoms with E-state index in [4.69, 9.17) is 9.72 Å². The van der Waals surface area contributed by atoms with Crippen LogP contribution in [0.2, 0.25) is 0 Å². The summed E-state index contributed by atoms with van der Waals surface area (Å²) >= 11 is 0. The predicted molar refractivity (Wildman–Crippen MR) is 174 cm³/mol. The van der Waals surface area contributed by atoms with Gasteiger partial charge in [-0.2, -0.15) is 13.5 Å². The molecule has 1 aromatic carbocycles. The quantitative estimate of drug-likeness (QED) is 0.258. The normalized spacial score (nSPS) is 18.6. The molecule has 238 valence electrons. The number of nitrogens with one attached hydrogen (secondary N) is 2. The van der Waals surface area contributed by atoms with Crippen molar-refractivity contribution in [2.24, 2.45) is 11.8 Å². The lowest BCUT2D eigenvalue weighted by atomic mass is 9.95. The smallest absolute Gasteiger partial charge is 0.255 e. The molecule has 0 unspecified atom stereocenters. The van der Waals surface area contributed by atoms with Crippen molar-refractivity contribution < 1.29 is 18.7 Å². The highest BCUT2D eigenvalue weighted by molar-refractivity contribution is 7.59. The topological polar surface area (TPSA) is 114 Å². The zero-order chi connectivity index (χ0) is 30.6. The number of hydrogen-bond donors (Lipinski definition) is 2. The third-order valence-corrected chi connectivity index (χ3v) is 7.79. The van der Waals surface area contributed by atoms with Gasteiger partial charge in [0.05, 0.1) is 29.3 Å². The molecule has 1 aliphatic rings. The van der Waals surface area contributed by atoms with Crippen molar-refractivity contribution in [3.8, 4) is 0 Å². The molecule has 0 radical (unpaired) electrons. The Morgan fingerprint density at radius 1 is 1.05 bits per heavy atom. The molecule has 1 saturated heterocycles. The van der Waals surface area contributed by atoms with Crippen LogP contribution in [0.25, 0.3) is 16.7 Å². The average molecular weight is 618 g/mol. The first-order valence-corrected chi connectivity index (χ1v) is 15.2. The minimum absolute atomic E-state index is 0. The number of halogens is 1. The van der Waals surface area contributed by atoms with E-state index in [1.54, 1.807) is 13.8 Å². The number of aromatic nitrogens is 4. The van der Waals surface area contributed by atoms with E-state index in [1.165, 1.54) is 0 Å². The SMILES string of the molecule is Cc1nnc2c(NCCCCCC(=O)[C@@H](NC(=O)[C@@H](F)C(C)C)C(C)C)nc3cc(N4C[C@@H](C)O[C@@H](C)C4)ccc3n12.S. The summed E-state index contributed by atoms with van der Waals surface area (Å²) in [6, 6.07) is 5.65. The molecule has 1 fully saturated rings. The number of morpholine rings is 1. The van der Waals surface area contributed by atoms with Crippen LogP contribution in [0.15, 0.2) is 18.2 Å². The number of anilines is 2. The molecule has 10 nitrogen and oxygen atoms in total. The monoisotopic (exact) mass is 617 g/mol. The summed E-state index contributed by atoms with van der Waals surface area (Å²) in [6.07, 6.45) is 1.38. The molecule has 4 atom stereocenters. The van der Waals surface area contributed by atoms with Crippen molar-refractivity contribution in [2.45, 2.75) is 98.6 Å². The molecule has 43 heavy (non-hydrogen) atoms. The summed E-state index contributed by atoms with van der Waals surface area (Å²) in [5.41, 5.74) is 3.60. The maximum absolute atomic E-state index is 14.1. The molecule has 0 bridgehead atoms. The van der Waals surface area contributed by atoms with Gasteiger partial charge < -0.3 is 20.3 Å². The summed E-state index contributed by atoms with van der Waals surface area (Å²) in [4.78, 5) is 32.3. The number of ether oxygens (including phenoxy) is 1. The molecule has 0 aliphatic carbocycles. The number of unbranched alkanes of at least 4 members (excludes halogenated alkanes) is 2. The van der Waals surface area contributed by atoms with Crippen LogP contribution in [0, 0.1) is 18.8 Å². The van der Waals surface area contributed by atoms with Gasteiger partial charge in [0.15, 0.2) is 17.8 Å². The number of benzene rings is 1. The number of aryl methyl sites for hydroxylation is 1. The molecular weight excluding hydrogens is 569 g/mol. The van der Waals surface area contributed by atoms with E-state index in [9.17, 15) is 14.0 Å². The van der Waals surface area contributed by atoms with Crippen LogP contribution in [0.1, 0.15) is 73.1 Å². The number of ketones is 1. The number of Topliss-reactive ketones (excluding diaryl/α,β-unsaturated/α-hetero) is 1. The van der Waals surface area contributed by atoms with Crippen molar-refractivity contribution in [1.29, 1.82) is 0 Å². The molecule has 3 aromatic rings. The summed E-state index contributed by atoms with van der Waals surface area (Å²) in [5.74, 6) is 0.165. The Balaban J connectivity index is 0.00000506. The van der Waals surface area contributed by atoms with Crippen LogP contribution in [-0.2, 0) is 14.3 Å². The van der Waals surface area contributed by atoms with Gasteiger partial charge >= 0.3 is 0 Å². The van der Waals surface area contributed by atoms with E-state index in [1.807, 2.05) is 25.2 Å². The lowest BCUT2D eigenvalue weighted by molar-refractivity contribution is -0.132. The van der Waals surface area contributed by atoms with Crippen molar-refractivity contribution >= 4 is 53.4 Å². The molecule has 4 rings (SSSR count). The number of fused-ring (bicyclic) bond motifs is 3. The second-order valence-corrected chi connectivity index (χ2v) is 12.3. The zero-order valence-electron chi connectivity index (χ0n) is 26.5. The number of hydrogen-bond acceptors (Lipinski definition) is 8. The van der Waals surface area contributed by atoms with Gasteiger partial charge in [0.2, 0.25) is 5.65 Å². The molecule has 2 aromatic heterocycles. The van der Waals surface area contributed by atoms with Crippen LogP contribution in [0.4, 0.5) is 15.9 Å². The van der Waals surface area contributed by atoms with Crippen LogP contribution >= 0.6 is 13.5 Å². The van der Waals surface area contributed by atoms with E-state index in [-0.39, 0.29) is 37.4 Å². The minimum Gasteiger partial charge on any atom is -0.372 e. The first-order chi connectivity index (χ1) is 20.0. The van der Waals surface area contributed by atoms with E-state index < -0.39 is 24.0 Å². The summed E-state index contributed by atoms with van der Waals surface area (Å²) < 4.78 is 22.0. The van der Waals surface area contributed by atoms with Crippen molar-refractivity contribution in [3.05, 3.63) is 24.0 Å². The number of carbonyl (C=O) groups excluding carboxylic acids is 2. The van der Waals surface area contributed by atoms with Gasteiger partial charge in [-0.25, -0.2) is 9.37 Å². The summed E-state index contributed by atoms with van der Waals surface area (Å²) in [7, 11) is 0. The number of alkyl halides is 1. The van der Waals surface area contributed by atoms with Gasteiger partial charge in [-0.1, -0.05) is 34.1 Å². The van der Waals surface area contributed by atoms with Crippen LogP contribution < -0.4 is 15.5 Å². The van der Waals surface area contributed by atoms with Crippen LogP contribution in [-0.4, -0.2) is 75.3 Å². The van der Waals surface area contributed by atoms with E-state index in [2.05, 4.69) is 57.8 Å². The predicted octanol–water partition coefficient (Wildman–Crippen LogP) is 4.99. The summed E-state index contributed by atoms with van der Waals surface area (Å²) in [6.45, 7) is 15.5. The molecule has 2 N–H and O–H groups in total. The minimum atomic E-state index is -1.62. The Kier molecular flexibility index (Phi) is 12.1. The number of nitrogens with zero attached hydrogens (tertiary/aromatic N) is 5. The second-order valence-electron chi connectivity index (χ2n) is 12.3. The van der Waals surface area contributed by atoms with Crippen molar-refractivity contribution in [2.75, 3.05) is 29.9 Å². The highest BCUT2D eigenvalue weighted by Gasteiger charge is 2.29.